The van der Waals surface area contributed by atoms with E-state index in [0.29, 0.717) is 31.9 Å². The van der Waals surface area contributed by atoms with Gasteiger partial charge in [-0.2, -0.15) is 4.31 Å². The zero-order chi connectivity index (χ0) is 17.0. The van der Waals surface area contributed by atoms with E-state index in [2.05, 4.69) is 0 Å². The molecule has 24 heavy (non-hydrogen) atoms. The second-order valence-corrected chi connectivity index (χ2v) is 7.41. The highest BCUT2D eigenvalue weighted by atomic mass is 32.2. The van der Waals surface area contributed by atoms with Gasteiger partial charge in [0.25, 0.3) is 0 Å². The van der Waals surface area contributed by atoms with E-state index in [1.165, 1.54) is 15.8 Å². The molecule has 0 atom stereocenters. The molecule has 1 heterocycles. The predicted octanol–water partition coefficient (Wildman–Crippen LogP) is 2.95. The fourth-order valence-electron chi connectivity index (χ4n) is 2.71. The largest absolute Gasteiger partial charge is 0.367 e. The number of halogens is 1. The highest BCUT2D eigenvalue weighted by Crippen LogP contribution is 2.21. The number of rotatable bonds is 4. The van der Waals surface area contributed by atoms with Gasteiger partial charge in [0.2, 0.25) is 10.0 Å². The number of benzene rings is 2. The van der Waals surface area contributed by atoms with Gasteiger partial charge in [-0.05, 0) is 23.8 Å². The lowest BCUT2D eigenvalue weighted by atomic mass is 10.2. The maximum atomic E-state index is 13.8. The molecular weight excluding hydrogens is 327 g/mol. The lowest BCUT2D eigenvalue weighted by Crippen LogP contribution is -2.48. The Balaban J connectivity index is 1.65. The Bertz CT molecular complexity index is 814. The summed E-state index contributed by atoms with van der Waals surface area (Å²) in [6.07, 6.45) is 1.60. The topological polar surface area (TPSA) is 40.6 Å². The summed E-state index contributed by atoms with van der Waals surface area (Å²) < 4.78 is 40.1. The van der Waals surface area contributed by atoms with Crippen LogP contribution in [0, 0.1) is 5.82 Å². The molecule has 0 aliphatic carbocycles. The molecule has 6 heteroatoms. The summed E-state index contributed by atoms with van der Waals surface area (Å²) in [5.41, 5.74) is 1.36. The molecule has 1 fully saturated rings. The fourth-order valence-corrected chi connectivity index (χ4v) is 3.88. The van der Waals surface area contributed by atoms with Crippen LogP contribution in [-0.2, 0) is 10.0 Å². The minimum atomic E-state index is -3.46. The molecule has 126 valence electrons. The predicted molar refractivity (Wildman–Crippen MR) is 94.6 cm³/mol. The molecule has 0 N–H and O–H groups in total. The van der Waals surface area contributed by atoms with Gasteiger partial charge in [0, 0.05) is 31.6 Å². The Labute approximate surface area is 141 Å². The van der Waals surface area contributed by atoms with Crippen molar-refractivity contribution in [2.75, 3.05) is 31.1 Å². The zero-order valence-electron chi connectivity index (χ0n) is 13.2. The molecule has 0 amide bonds. The average molecular weight is 346 g/mol. The van der Waals surface area contributed by atoms with Crippen molar-refractivity contribution >= 4 is 21.8 Å². The molecule has 2 aromatic rings. The van der Waals surface area contributed by atoms with Crippen LogP contribution in [0.4, 0.5) is 10.1 Å². The molecule has 0 saturated carbocycles. The third-order valence-electron chi connectivity index (χ3n) is 4.02. The van der Waals surface area contributed by atoms with E-state index in [1.54, 1.807) is 24.3 Å². The minimum absolute atomic E-state index is 0.280. The van der Waals surface area contributed by atoms with Crippen LogP contribution < -0.4 is 4.90 Å². The maximum Gasteiger partial charge on any atom is 0.236 e. The molecule has 0 radical (unpaired) electrons. The normalized spacial score (nSPS) is 16.6. The van der Waals surface area contributed by atoms with Crippen molar-refractivity contribution < 1.29 is 12.8 Å². The third kappa shape index (κ3) is 3.83. The van der Waals surface area contributed by atoms with E-state index >= 15 is 0 Å². The number of anilines is 1. The van der Waals surface area contributed by atoms with Crippen molar-refractivity contribution in [3.8, 4) is 0 Å². The minimum Gasteiger partial charge on any atom is -0.367 e. The van der Waals surface area contributed by atoms with Gasteiger partial charge in [0.15, 0.2) is 0 Å². The Morgan fingerprint density at radius 1 is 0.875 bits per heavy atom. The van der Waals surface area contributed by atoms with Crippen molar-refractivity contribution in [1.29, 1.82) is 0 Å². The van der Waals surface area contributed by atoms with E-state index in [9.17, 15) is 12.8 Å². The first-order chi connectivity index (χ1) is 11.6. The van der Waals surface area contributed by atoms with Crippen LogP contribution >= 0.6 is 0 Å². The lowest BCUT2D eigenvalue weighted by Gasteiger charge is -2.34. The van der Waals surface area contributed by atoms with Gasteiger partial charge in [-0.1, -0.05) is 42.5 Å². The van der Waals surface area contributed by atoms with Crippen molar-refractivity contribution in [2.24, 2.45) is 0 Å². The molecule has 0 bridgehead atoms. The molecule has 0 spiro atoms. The Morgan fingerprint density at radius 2 is 1.50 bits per heavy atom. The van der Waals surface area contributed by atoms with E-state index in [4.69, 9.17) is 0 Å². The summed E-state index contributed by atoms with van der Waals surface area (Å²) in [6, 6.07) is 15.9. The number of piperazine rings is 1. The molecule has 0 aromatic heterocycles. The molecule has 0 unspecified atom stereocenters. The van der Waals surface area contributed by atoms with E-state index in [0.717, 1.165) is 5.56 Å². The molecular formula is C18H19FN2O2S. The lowest BCUT2D eigenvalue weighted by molar-refractivity contribution is 0.388. The van der Waals surface area contributed by atoms with Crippen molar-refractivity contribution in [3.63, 3.8) is 0 Å². The van der Waals surface area contributed by atoms with E-state index in [1.807, 2.05) is 35.2 Å². The number of hydrogen-bond acceptors (Lipinski definition) is 3. The maximum absolute atomic E-state index is 13.8. The van der Waals surface area contributed by atoms with Crippen molar-refractivity contribution in [1.82, 2.24) is 4.31 Å². The zero-order valence-corrected chi connectivity index (χ0v) is 14.0. The Morgan fingerprint density at radius 3 is 2.17 bits per heavy atom. The number of para-hydroxylation sites is 1. The highest BCUT2D eigenvalue weighted by molar-refractivity contribution is 7.92. The van der Waals surface area contributed by atoms with Crippen LogP contribution in [0.25, 0.3) is 6.08 Å². The first-order valence-corrected chi connectivity index (χ1v) is 9.29. The Kier molecular flexibility index (Phi) is 4.97. The third-order valence-corrected chi connectivity index (χ3v) is 5.59. The van der Waals surface area contributed by atoms with Crippen LogP contribution in [0.3, 0.4) is 0 Å². The van der Waals surface area contributed by atoms with Gasteiger partial charge in [-0.25, -0.2) is 12.8 Å². The van der Waals surface area contributed by atoms with Crippen molar-refractivity contribution in [3.05, 3.63) is 71.4 Å². The number of sulfonamides is 1. The Hall–Kier alpha value is -2.18. The molecule has 2 aromatic carbocycles. The van der Waals surface area contributed by atoms with Crippen LogP contribution in [0.1, 0.15) is 5.56 Å². The van der Waals surface area contributed by atoms with Gasteiger partial charge in [0.05, 0.1) is 5.69 Å². The highest BCUT2D eigenvalue weighted by Gasteiger charge is 2.26. The quantitative estimate of drug-likeness (QED) is 0.855. The van der Waals surface area contributed by atoms with Crippen LogP contribution in [0.2, 0.25) is 0 Å². The van der Waals surface area contributed by atoms with E-state index in [-0.39, 0.29) is 5.82 Å². The molecule has 4 nitrogen and oxygen atoms in total. The van der Waals surface area contributed by atoms with Crippen molar-refractivity contribution in [2.45, 2.75) is 0 Å². The summed E-state index contributed by atoms with van der Waals surface area (Å²) in [7, 11) is -3.46. The summed E-state index contributed by atoms with van der Waals surface area (Å²) in [4.78, 5) is 1.88. The number of hydrogen-bond donors (Lipinski definition) is 0. The van der Waals surface area contributed by atoms with Gasteiger partial charge in [0.1, 0.15) is 5.82 Å². The summed E-state index contributed by atoms with van der Waals surface area (Å²) in [5, 5.41) is 1.24. The van der Waals surface area contributed by atoms with Gasteiger partial charge in [-0.15, -0.1) is 0 Å². The summed E-state index contributed by atoms with van der Waals surface area (Å²) in [5.74, 6) is -0.280. The molecule has 1 aliphatic heterocycles. The molecule has 1 saturated heterocycles. The smallest absolute Gasteiger partial charge is 0.236 e. The second-order valence-electron chi connectivity index (χ2n) is 5.60. The van der Waals surface area contributed by atoms with E-state index < -0.39 is 10.0 Å². The average Bonchev–Trinajstić information content (AvgIpc) is 2.62. The first kappa shape index (κ1) is 16.7. The molecule has 3 rings (SSSR count). The van der Waals surface area contributed by atoms with Crippen LogP contribution in [0.5, 0.6) is 0 Å². The standard InChI is InChI=1S/C18H19FN2O2S/c19-17-8-4-5-9-18(17)20-11-13-21(14-12-20)24(22,23)15-10-16-6-2-1-3-7-16/h1-10,15H,11-14H2/b15-10+. The summed E-state index contributed by atoms with van der Waals surface area (Å²) >= 11 is 0. The molecule has 1 aliphatic rings. The summed E-state index contributed by atoms with van der Waals surface area (Å²) in [6.45, 7) is 1.63. The van der Waals surface area contributed by atoms with Gasteiger partial charge in [-0.3, -0.25) is 0 Å². The SMILES string of the molecule is O=S(=O)(/C=C/c1ccccc1)N1CCN(c2ccccc2F)CC1. The first-order valence-electron chi connectivity index (χ1n) is 7.79. The van der Waals surface area contributed by atoms with Gasteiger partial charge >= 0.3 is 0 Å². The van der Waals surface area contributed by atoms with Crippen LogP contribution in [0.15, 0.2) is 60.0 Å². The van der Waals surface area contributed by atoms with Gasteiger partial charge < -0.3 is 4.90 Å². The van der Waals surface area contributed by atoms with Crippen LogP contribution in [-0.4, -0.2) is 38.9 Å². The monoisotopic (exact) mass is 346 g/mol. The second kappa shape index (κ2) is 7.15. The fraction of sp³-hybridized carbons (Fsp3) is 0.222. The number of nitrogens with zero attached hydrogens (tertiary/aromatic N) is 2.